The molecule has 0 aliphatic carbocycles. The van der Waals surface area contributed by atoms with E-state index in [-0.39, 0.29) is 25.3 Å². The largest absolute Gasteiger partial charge is 0.480 e. The van der Waals surface area contributed by atoms with E-state index in [1.807, 2.05) is 0 Å². The highest BCUT2D eigenvalue weighted by molar-refractivity contribution is 5.89. The molecule has 1 fully saturated rings. The maximum absolute atomic E-state index is 11.5. The highest BCUT2D eigenvalue weighted by atomic mass is 16.5. The molecule has 0 aromatic carbocycles. The van der Waals surface area contributed by atoms with Crippen molar-refractivity contribution in [2.24, 2.45) is 0 Å². The molecule has 1 N–H and O–H groups in total. The van der Waals surface area contributed by atoms with Crippen LogP contribution in [0.4, 0.5) is 0 Å². The fourth-order valence-electron chi connectivity index (χ4n) is 1.85. The molecule has 0 aromatic rings. The summed E-state index contributed by atoms with van der Waals surface area (Å²) in [7, 11) is 0. The summed E-state index contributed by atoms with van der Waals surface area (Å²) < 4.78 is 4.77. The lowest BCUT2D eigenvalue weighted by molar-refractivity contribution is -0.157. The number of carboxylic acids is 1. The number of amides is 1. The van der Waals surface area contributed by atoms with Crippen LogP contribution in [0.25, 0.3) is 0 Å². The van der Waals surface area contributed by atoms with Crippen LogP contribution < -0.4 is 0 Å². The van der Waals surface area contributed by atoms with E-state index in [1.54, 1.807) is 0 Å². The van der Waals surface area contributed by atoms with Crippen molar-refractivity contribution >= 4 is 23.6 Å². The number of aliphatic carboxylic acids is 1. The van der Waals surface area contributed by atoms with Gasteiger partial charge >= 0.3 is 11.9 Å². The van der Waals surface area contributed by atoms with Crippen molar-refractivity contribution in [3.8, 4) is 0 Å². The molecule has 2 atom stereocenters. The first-order valence-electron chi connectivity index (χ1n) is 5.53. The molecule has 0 bridgehead atoms. The Bertz CT molecular complexity index is 391. The second-order valence-electron chi connectivity index (χ2n) is 4.15. The zero-order chi connectivity index (χ0) is 13.9. The molecule has 0 spiro atoms. The van der Waals surface area contributed by atoms with Gasteiger partial charge in [-0.1, -0.05) is 0 Å². The third-order valence-electron chi connectivity index (χ3n) is 2.74. The van der Waals surface area contributed by atoms with Gasteiger partial charge < -0.3 is 14.7 Å². The summed E-state index contributed by atoms with van der Waals surface area (Å²) in [6.45, 7) is 2.17. The van der Waals surface area contributed by atoms with Crippen molar-refractivity contribution in [2.75, 3.05) is 6.54 Å². The number of Topliss-reactive ketones (excluding diaryl/α,β-unsaturated/α-hetero) is 1. The predicted molar refractivity (Wildman–Crippen MR) is 58.6 cm³/mol. The second-order valence-corrected chi connectivity index (χ2v) is 4.15. The molecular formula is C11H15NO6. The molecule has 18 heavy (non-hydrogen) atoms. The van der Waals surface area contributed by atoms with Crippen LogP contribution in [0.5, 0.6) is 0 Å². The number of carbonyl (C=O) groups is 4. The van der Waals surface area contributed by atoms with Gasteiger partial charge in [-0.25, -0.2) is 4.79 Å². The summed E-state index contributed by atoms with van der Waals surface area (Å²) in [6, 6.07) is -0.949. The number of carboxylic acid groups (broad SMARTS) is 1. The van der Waals surface area contributed by atoms with Crippen LogP contribution in [-0.2, 0) is 23.9 Å². The summed E-state index contributed by atoms with van der Waals surface area (Å²) in [5, 5.41) is 8.95. The quantitative estimate of drug-likeness (QED) is 0.671. The molecule has 0 saturated carbocycles. The Morgan fingerprint density at radius 2 is 2.06 bits per heavy atom. The highest BCUT2D eigenvalue weighted by Crippen LogP contribution is 2.20. The average molecular weight is 257 g/mol. The van der Waals surface area contributed by atoms with Crippen molar-refractivity contribution in [3.05, 3.63) is 0 Å². The lowest BCUT2D eigenvalue weighted by atomic mass is 10.2. The smallest absolute Gasteiger partial charge is 0.326 e. The first kappa shape index (κ1) is 14.1. The standard InChI is InChI=1S/C11H15NO6/c1-6(13)9(18-7(2)14)5-12-8(11(16)17)3-4-10(12)15/h8-9H,3-5H2,1-2H3,(H,16,17)/t8-,9?/m0/s1. The van der Waals surface area contributed by atoms with E-state index >= 15 is 0 Å². The fourth-order valence-corrected chi connectivity index (χ4v) is 1.85. The monoisotopic (exact) mass is 257 g/mol. The summed E-state index contributed by atoms with van der Waals surface area (Å²) in [6.07, 6.45) is -0.771. The van der Waals surface area contributed by atoms with Gasteiger partial charge in [-0.3, -0.25) is 14.4 Å². The molecule has 7 heteroatoms. The van der Waals surface area contributed by atoms with E-state index in [2.05, 4.69) is 0 Å². The van der Waals surface area contributed by atoms with Gasteiger partial charge in [-0.15, -0.1) is 0 Å². The molecule has 1 unspecified atom stereocenters. The lowest BCUT2D eigenvalue weighted by Gasteiger charge is -2.25. The molecule has 1 heterocycles. The Hall–Kier alpha value is -1.92. The Morgan fingerprint density at radius 1 is 1.44 bits per heavy atom. The van der Waals surface area contributed by atoms with Crippen molar-refractivity contribution < 1.29 is 29.0 Å². The molecule has 100 valence electrons. The van der Waals surface area contributed by atoms with Gasteiger partial charge in [0.1, 0.15) is 6.04 Å². The van der Waals surface area contributed by atoms with E-state index in [4.69, 9.17) is 9.84 Å². The van der Waals surface area contributed by atoms with Gasteiger partial charge in [-0.2, -0.15) is 0 Å². The zero-order valence-corrected chi connectivity index (χ0v) is 10.2. The maximum atomic E-state index is 11.5. The first-order valence-corrected chi connectivity index (χ1v) is 5.53. The Kier molecular flexibility index (Phi) is 4.41. The van der Waals surface area contributed by atoms with E-state index in [0.29, 0.717) is 0 Å². The Balaban J connectivity index is 2.78. The van der Waals surface area contributed by atoms with E-state index in [0.717, 1.165) is 11.8 Å². The third kappa shape index (κ3) is 3.28. The third-order valence-corrected chi connectivity index (χ3v) is 2.74. The van der Waals surface area contributed by atoms with E-state index < -0.39 is 29.9 Å². The minimum Gasteiger partial charge on any atom is -0.480 e. The Labute approximate surface area is 104 Å². The Morgan fingerprint density at radius 3 is 2.50 bits per heavy atom. The second kappa shape index (κ2) is 5.61. The van der Waals surface area contributed by atoms with Gasteiger partial charge in [-0.05, 0) is 13.3 Å². The number of nitrogens with zero attached hydrogens (tertiary/aromatic N) is 1. The summed E-state index contributed by atoms with van der Waals surface area (Å²) >= 11 is 0. The molecule has 0 radical (unpaired) electrons. The SMILES string of the molecule is CC(=O)OC(CN1C(=O)CC[C@H]1C(=O)O)C(C)=O. The number of hydrogen-bond acceptors (Lipinski definition) is 5. The molecule has 1 aliphatic rings. The van der Waals surface area contributed by atoms with Crippen LogP contribution in [0.3, 0.4) is 0 Å². The molecule has 7 nitrogen and oxygen atoms in total. The van der Waals surface area contributed by atoms with Crippen molar-refractivity contribution in [3.63, 3.8) is 0 Å². The molecule has 0 aromatic heterocycles. The van der Waals surface area contributed by atoms with Gasteiger partial charge in [0.05, 0.1) is 6.54 Å². The maximum Gasteiger partial charge on any atom is 0.326 e. The van der Waals surface area contributed by atoms with E-state index in [1.165, 1.54) is 6.92 Å². The van der Waals surface area contributed by atoms with Crippen LogP contribution in [0.2, 0.25) is 0 Å². The number of rotatable bonds is 5. The van der Waals surface area contributed by atoms with Crippen LogP contribution in [-0.4, -0.2) is 52.3 Å². The van der Waals surface area contributed by atoms with Gasteiger partial charge in [0, 0.05) is 13.3 Å². The topological polar surface area (TPSA) is 101 Å². The van der Waals surface area contributed by atoms with Crippen molar-refractivity contribution in [2.45, 2.75) is 38.8 Å². The lowest BCUT2D eigenvalue weighted by Crippen LogP contribution is -2.45. The van der Waals surface area contributed by atoms with Crippen LogP contribution in [0.1, 0.15) is 26.7 Å². The predicted octanol–water partition coefficient (Wildman–Crippen LogP) is -0.417. The number of likely N-dealkylation sites (tertiary alicyclic amines) is 1. The molecule has 1 saturated heterocycles. The number of hydrogen-bond donors (Lipinski definition) is 1. The first-order chi connectivity index (χ1) is 8.32. The number of esters is 1. The summed E-state index contributed by atoms with van der Waals surface area (Å²) in [4.78, 5) is 45.7. The minimum absolute atomic E-state index is 0.127. The van der Waals surface area contributed by atoms with Crippen LogP contribution in [0, 0.1) is 0 Å². The van der Waals surface area contributed by atoms with Crippen LogP contribution in [0.15, 0.2) is 0 Å². The number of carbonyl (C=O) groups excluding carboxylic acids is 3. The van der Waals surface area contributed by atoms with Gasteiger partial charge in [0.15, 0.2) is 11.9 Å². The number of ether oxygens (including phenoxy) is 1. The van der Waals surface area contributed by atoms with Gasteiger partial charge in [0.2, 0.25) is 5.91 Å². The molecule has 1 rings (SSSR count). The van der Waals surface area contributed by atoms with Crippen LogP contribution >= 0.6 is 0 Å². The normalized spacial score (nSPS) is 20.7. The highest BCUT2D eigenvalue weighted by Gasteiger charge is 2.38. The molecular weight excluding hydrogens is 242 g/mol. The summed E-state index contributed by atoms with van der Waals surface area (Å²) in [5.74, 6) is -2.53. The van der Waals surface area contributed by atoms with Crippen molar-refractivity contribution in [1.82, 2.24) is 4.90 Å². The van der Waals surface area contributed by atoms with Crippen molar-refractivity contribution in [1.29, 1.82) is 0 Å². The van der Waals surface area contributed by atoms with E-state index in [9.17, 15) is 19.2 Å². The molecule has 1 aliphatic heterocycles. The number of ketones is 1. The summed E-state index contributed by atoms with van der Waals surface area (Å²) in [5.41, 5.74) is 0. The minimum atomic E-state index is -1.12. The molecule has 1 amide bonds. The fraction of sp³-hybridized carbons (Fsp3) is 0.636. The van der Waals surface area contributed by atoms with Gasteiger partial charge in [0.25, 0.3) is 0 Å². The zero-order valence-electron chi connectivity index (χ0n) is 10.2. The average Bonchev–Trinajstić information content (AvgIpc) is 2.58.